The molecule has 0 spiro atoms. The maximum absolute atomic E-state index is 6.18. The molecule has 2 nitrogen and oxygen atoms in total. The zero-order valence-electron chi connectivity index (χ0n) is 10.3. The van der Waals surface area contributed by atoms with E-state index in [4.69, 9.17) is 23.2 Å². The van der Waals surface area contributed by atoms with Crippen molar-refractivity contribution in [2.75, 3.05) is 0 Å². The third-order valence-electron chi connectivity index (χ3n) is 2.82. The summed E-state index contributed by atoms with van der Waals surface area (Å²) in [4.78, 5) is 0. The van der Waals surface area contributed by atoms with Gasteiger partial charge in [0, 0.05) is 18.0 Å². The monoisotopic (exact) mass is 262 g/mol. The zero-order chi connectivity index (χ0) is 12.1. The third kappa shape index (κ3) is 3.67. The van der Waals surface area contributed by atoms with Gasteiger partial charge < -0.3 is 0 Å². The highest BCUT2D eigenvalue weighted by atomic mass is 35.5. The molecule has 0 saturated heterocycles. The fourth-order valence-corrected chi connectivity index (χ4v) is 2.56. The molecular weight excluding hydrogens is 243 g/mol. The van der Waals surface area contributed by atoms with E-state index in [0.29, 0.717) is 5.38 Å². The Labute approximate surface area is 108 Å². The van der Waals surface area contributed by atoms with E-state index in [1.165, 1.54) is 5.56 Å². The molecule has 0 aliphatic rings. The minimum atomic E-state index is 0.306. The lowest BCUT2D eigenvalue weighted by Gasteiger charge is -2.07. The van der Waals surface area contributed by atoms with Gasteiger partial charge >= 0.3 is 0 Å². The number of hydrogen-bond donors (Lipinski definition) is 0. The Kier molecular flexibility index (Phi) is 5.63. The van der Waals surface area contributed by atoms with Gasteiger partial charge in [0.1, 0.15) is 5.15 Å². The Morgan fingerprint density at radius 2 is 2.06 bits per heavy atom. The average molecular weight is 263 g/mol. The molecule has 0 aromatic carbocycles. The molecule has 0 saturated carbocycles. The van der Waals surface area contributed by atoms with Crippen LogP contribution in [-0.2, 0) is 13.5 Å². The maximum atomic E-state index is 6.18. The molecule has 0 aliphatic heterocycles. The van der Waals surface area contributed by atoms with Crippen LogP contribution in [0.25, 0.3) is 0 Å². The predicted octanol–water partition coefficient (Wildman–Crippen LogP) is 4.11. The third-order valence-corrected chi connectivity index (χ3v) is 3.73. The van der Waals surface area contributed by atoms with E-state index in [2.05, 4.69) is 12.0 Å². The van der Waals surface area contributed by atoms with Crippen molar-refractivity contribution < 1.29 is 0 Å². The second-order valence-corrected chi connectivity index (χ2v) is 5.23. The van der Waals surface area contributed by atoms with Crippen molar-refractivity contribution in [3.8, 4) is 0 Å². The summed E-state index contributed by atoms with van der Waals surface area (Å²) < 4.78 is 1.73. The van der Waals surface area contributed by atoms with Crippen LogP contribution in [0.5, 0.6) is 0 Å². The van der Waals surface area contributed by atoms with Crippen molar-refractivity contribution in [3.05, 3.63) is 16.4 Å². The van der Waals surface area contributed by atoms with Gasteiger partial charge in [-0.1, -0.05) is 24.9 Å². The minimum Gasteiger partial charge on any atom is -0.257 e. The molecule has 0 N–H and O–H groups in total. The van der Waals surface area contributed by atoms with Crippen molar-refractivity contribution in [2.24, 2.45) is 7.05 Å². The molecule has 0 fully saturated rings. The lowest BCUT2D eigenvalue weighted by Crippen LogP contribution is -1.99. The molecular formula is C12H20Cl2N2. The fourth-order valence-electron chi connectivity index (χ4n) is 1.92. The number of nitrogens with zero attached hydrogens (tertiary/aromatic N) is 2. The largest absolute Gasteiger partial charge is 0.257 e. The molecule has 0 radical (unpaired) electrons. The molecule has 92 valence electrons. The number of alkyl halides is 1. The Morgan fingerprint density at radius 1 is 1.38 bits per heavy atom. The summed E-state index contributed by atoms with van der Waals surface area (Å²) in [5.74, 6) is 0. The van der Waals surface area contributed by atoms with Crippen molar-refractivity contribution in [3.63, 3.8) is 0 Å². The number of halogens is 2. The summed E-state index contributed by atoms with van der Waals surface area (Å²) in [7, 11) is 1.88. The molecule has 16 heavy (non-hydrogen) atoms. The first-order valence-electron chi connectivity index (χ1n) is 5.88. The Balaban J connectivity index is 2.43. The van der Waals surface area contributed by atoms with E-state index < -0.39 is 0 Å². The van der Waals surface area contributed by atoms with Crippen molar-refractivity contribution in [1.82, 2.24) is 9.78 Å². The summed E-state index contributed by atoms with van der Waals surface area (Å²) in [6, 6.07) is 0. The van der Waals surface area contributed by atoms with E-state index in [9.17, 15) is 0 Å². The molecule has 1 heterocycles. The van der Waals surface area contributed by atoms with Gasteiger partial charge in [0.15, 0.2) is 0 Å². The normalized spacial score (nSPS) is 13.1. The van der Waals surface area contributed by atoms with Gasteiger partial charge in [-0.05, 0) is 32.6 Å². The average Bonchev–Trinajstić information content (AvgIpc) is 2.45. The summed E-state index contributed by atoms with van der Waals surface area (Å²) in [5, 5.41) is 5.37. The first-order valence-corrected chi connectivity index (χ1v) is 6.69. The molecule has 0 bridgehead atoms. The minimum absolute atomic E-state index is 0.306. The molecule has 1 unspecified atom stereocenters. The van der Waals surface area contributed by atoms with E-state index in [0.717, 1.165) is 43.0 Å². The Morgan fingerprint density at radius 3 is 2.56 bits per heavy atom. The molecule has 1 aromatic heterocycles. The van der Waals surface area contributed by atoms with Crippen LogP contribution in [0.4, 0.5) is 0 Å². The fraction of sp³-hybridized carbons (Fsp3) is 0.750. The molecule has 0 aliphatic carbocycles. The van der Waals surface area contributed by atoms with Crippen LogP contribution in [0.1, 0.15) is 43.9 Å². The van der Waals surface area contributed by atoms with Crippen LogP contribution in [0.2, 0.25) is 5.15 Å². The molecule has 1 atom stereocenters. The van der Waals surface area contributed by atoms with Crippen molar-refractivity contribution >= 4 is 23.2 Å². The SMILES string of the molecule is CCCC(Cl)CCCc1c(C)nn(C)c1Cl. The van der Waals surface area contributed by atoms with E-state index >= 15 is 0 Å². The molecule has 0 amide bonds. The summed E-state index contributed by atoms with van der Waals surface area (Å²) in [6.45, 7) is 4.17. The number of aromatic nitrogens is 2. The van der Waals surface area contributed by atoms with Gasteiger partial charge in [0.2, 0.25) is 0 Å². The van der Waals surface area contributed by atoms with Gasteiger partial charge in [-0.3, -0.25) is 4.68 Å². The summed E-state index contributed by atoms with van der Waals surface area (Å²) in [6.07, 6.45) is 5.37. The second-order valence-electron chi connectivity index (χ2n) is 4.26. The predicted molar refractivity (Wildman–Crippen MR) is 70.4 cm³/mol. The zero-order valence-corrected chi connectivity index (χ0v) is 11.8. The number of aryl methyl sites for hydroxylation is 2. The van der Waals surface area contributed by atoms with Gasteiger partial charge in [0.05, 0.1) is 5.69 Å². The van der Waals surface area contributed by atoms with Gasteiger partial charge in [-0.15, -0.1) is 11.6 Å². The van der Waals surface area contributed by atoms with E-state index in [1.54, 1.807) is 4.68 Å². The van der Waals surface area contributed by atoms with E-state index in [-0.39, 0.29) is 0 Å². The number of hydrogen-bond acceptors (Lipinski definition) is 1. The van der Waals surface area contributed by atoms with Crippen LogP contribution in [0.15, 0.2) is 0 Å². The molecule has 1 rings (SSSR count). The summed E-state index contributed by atoms with van der Waals surface area (Å²) >= 11 is 12.3. The highest BCUT2D eigenvalue weighted by Crippen LogP contribution is 2.22. The Hall–Kier alpha value is -0.210. The lowest BCUT2D eigenvalue weighted by molar-refractivity contribution is 0.639. The van der Waals surface area contributed by atoms with Gasteiger partial charge in [-0.25, -0.2) is 0 Å². The maximum Gasteiger partial charge on any atom is 0.130 e. The summed E-state index contributed by atoms with van der Waals surface area (Å²) in [5.41, 5.74) is 2.21. The highest BCUT2D eigenvalue weighted by Gasteiger charge is 2.11. The van der Waals surface area contributed by atoms with Crippen LogP contribution in [-0.4, -0.2) is 15.2 Å². The topological polar surface area (TPSA) is 17.8 Å². The lowest BCUT2D eigenvalue weighted by atomic mass is 10.1. The van der Waals surface area contributed by atoms with Crippen molar-refractivity contribution in [1.29, 1.82) is 0 Å². The molecule has 4 heteroatoms. The standard InChI is InChI=1S/C12H20Cl2N2/c1-4-6-10(13)7-5-8-11-9(2)15-16(3)12(11)14/h10H,4-8H2,1-3H3. The van der Waals surface area contributed by atoms with Gasteiger partial charge in [-0.2, -0.15) is 5.10 Å². The number of rotatable bonds is 6. The molecule has 1 aromatic rings. The second kappa shape index (κ2) is 6.51. The van der Waals surface area contributed by atoms with Crippen LogP contribution in [0.3, 0.4) is 0 Å². The van der Waals surface area contributed by atoms with Crippen LogP contribution in [0, 0.1) is 6.92 Å². The van der Waals surface area contributed by atoms with Crippen LogP contribution >= 0.6 is 23.2 Å². The van der Waals surface area contributed by atoms with Crippen LogP contribution < -0.4 is 0 Å². The highest BCUT2D eigenvalue weighted by molar-refractivity contribution is 6.30. The smallest absolute Gasteiger partial charge is 0.130 e. The van der Waals surface area contributed by atoms with E-state index in [1.807, 2.05) is 14.0 Å². The van der Waals surface area contributed by atoms with Crippen molar-refractivity contribution in [2.45, 2.75) is 51.3 Å². The first kappa shape index (κ1) is 13.9. The first-order chi connectivity index (χ1) is 7.56. The quantitative estimate of drug-likeness (QED) is 0.706. The van der Waals surface area contributed by atoms with Gasteiger partial charge in [0.25, 0.3) is 0 Å². The Bertz CT molecular complexity index is 334.